The molecule has 0 bridgehead atoms. The van der Waals surface area contributed by atoms with Crippen LogP contribution in [0.5, 0.6) is 5.75 Å². The van der Waals surface area contributed by atoms with Crippen LogP contribution < -0.4 is 5.32 Å². The number of hydrogen-bond donors (Lipinski definition) is 3. The number of amides is 1. The van der Waals surface area contributed by atoms with Gasteiger partial charge < -0.3 is 20.3 Å². The lowest BCUT2D eigenvalue weighted by atomic mass is 10.1. The van der Waals surface area contributed by atoms with Crippen LogP contribution in [0.3, 0.4) is 0 Å². The monoisotopic (exact) mass is 343 g/mol. The summed E-state index contributed by atoms with van der Waals surface area (Å²) in [5.41, 5.74) is 2.13. The number of aryl methyl sites for hydroxylation is 1. The van der Waals surface area contributed by atoms with Crippen LogP contribution in [0.4, 0.5) is 0 Å². The largest absolute Gasteiger partial charge is 0.508 e. The van der Waals surface area contributed by atoms with Crippen LogP contribution in [0.25, 0.3) is 0 Å². The molecule has 0 aliphatic heterocycles. The Morgan fingerprint density at radius 2 is 1.76 bits per heavy atom. The van der Waals surface area contributed by atoms with Gasteiger partial charge in [0.05, 0.1) is 25.9 Å². The summed E-state index contributed by atoms with van der Waals surface area (Å²) in [7, 11) is 0. The number of phenolic OH excluding ortho intramolecular Hbond substituents is 1. The molecule has 0 fully saturated rings. The van der Waals surface area contributed by atoms with Gasteiger partial charge in [-0.15, -0.1) is 0 Å². The summed E-state index contributed by atoms with van der Waals surface area (Å²) in [5, 5.41) is 21.2. The van der Waals surface area contributed by atoms with Crippen molar-refractivity contribution < 1.29 is 19.7 Å². The molecule has 0 aromatic heterocycles. The Morgan fingerprint density at radius 3 is 2.44 bits per heavy atom. The Bertz CT molecular complexity index is 628. The highest BCUT2D eigenvalue weighted by Gasteiger charge is 2.14. The number of aliphatic hydroxyl groups excluding tert-OH is 1. The predicted molar refractivity (Wildman–Crippen MR) is 96.4 cm³/mol. The molecule has 2 rings (SSSR count). The fraction of sp³-hybridized carbons (Fsp3) is 0.350. The molecule has 0 radical (unpaired) electrons. The number of carbonyl (C=O) groups is 1. The molecule has 3 N–H and O–H groups in total. The van der Waals surface area contributed by atoms with E-state index in [1.165, 1.54) is 0 Å². The molecule has 0 heterocycles. The maximum atomic E-state index is 12.2. The minimum Gasteiger partial charge on any atom is -0.508 e. The summed E-state index contributed by atoms with van der Waals surface area (Å²) in [5.74, 6) is 0.184. The number of nitrogens with one attached hydrogen (secondary N) is 1. The van der Waals surface area contributed by atoms with Crippen LogP contribution >= 0.6 is 0 Å². The molecule has 0 saturated carbocycles. The van der Waals surface area contributed by atoms with E-state index in [0.29, 0.717) is 25.9 Å². The average molecular weight is 343 g/mol. The first-order valence-corrected chi connectivity index (χ1v) is 8.47. The molecule has 0 unspecified atom stereocenters. The number of aromatic hydroxyl groups is 1. The van der Waals surface area contributed by atoms with Crippen molar-refractivity contribution >= 4 is 5.91 Å². The first-order chi connectivity index (χ1) is 12.2. The molecule has 2 aromatic carbocycles. The van der Waals surface area contributed by atoms with Gasteiger partial charge in [-0.25, -0.2) is 0 Å². The van der Waals surface area contributed by atoms with Gasteiger partial charge in [-0.05, 0) is 36.1 Å². The van der Waals surface area contributed by atoms with Crippen molar-refractivity contribution in [2.45, 2.75) is 25.3 Å². The second-order valence-corrected chi connectivity index (χ2v) is 5.92. The van der Waals surface area contributed by atoms with Gasteiger partial charge in [0.2, 0.25) is 5.91 Å². The zero-order valence-corrected chi connectivity index (χ0v) is 14.2. The number of rotatable bonds is 10. The van der Waals surface area contributed by atoms with Gasteiger partial charge in [0.1, 0.15) is 5.75 Å². The highest BCUT2D eigenvalue weighted by molar-refractivity contribution is 5.76. The lowest BCUT2D eigenvalue weighted by Crippen LogP contribution is -2.40. The summed E-state index contributed by atoms with van der Waals surface area (Å²) >= 11 is 0. The van der Waals surface area contributed by atoms with Crippen molar-refractivity contribution in [2.24, 2.45) is 0 Å². The number of phenols is 1. The molecule has 5 heteroatoms. The van der Waals surface area contributed by atoms with Crippen molar-refractivity contribution in [1.29, 1.82) is 0 Å². The molecule has 25 heavy (non-hydrogen) atoms. The maximum Gasteiger partial charge on any atom is 0.220 e. The van der Waals surface area contributed by atoms with E-state index < -0.39 is 0 Å². The van der Waals surface area contributed by atoms with Gasteiger partial charge in [-0.2, -0.15) is 0 Å². The topological polar surface area (TPSA) is 78.8 Å². The maximum absolute atomic E-state index is 12.2. The van der Waals surface area contributed by atoms with E-state index in [1.807, 2.05) is 42.5 Å². The molecule has 0 aliphatic carbocycles. The van der Waals surface area contributed by atoms with Gasteiger partial charge >= 0.3 is 0 Å². The first-order valence-electron chi connectivity index (χ1n) is 8.47. The van der Waals surface area contributed by atoms with Crippen molar-refractivity contribution in [2.75, 3.05) is 19.8 Å². The van der Waals surface area contributed by atoms with Crippen LogP contribution in [0.2, 0.25) is 0 Å². The fourth-order valence-electron chi connectivity index (χ4n) is 2.56. The molecular weight excluding hydrogens is 318 g/mol. The predicted octanol–water partition coefficient (Wildman–Crippen LogP) is 2.06. The summed E-state index contributed by atoms with van der Waals surface area (Å²) in [6.07, 6.45) is 1.70. The Labute approximate surface area is 148 Å². The number of aliphatic hydroxyl groups is 1. The lowest BCUT2D eigenvalue weighted by molar-refractivity contribution is -0.122. The Morgan fingerprint density at radius 1 is 1.04 bits per heavy atom. The molecule has 2 aromatic rings. The normalized spacial score (nSPS) is 11.9. The van der Waals surface area contributed by atoms with E-state index in [1.54, 1.807) is 12.1 Å². The van der Waals surface area contributed by atoms with Crippen molar-refractivity contribution in [3.05, 3.63) is 65.7 Å². The minimum absolute atomic E-state index is 0.0276. The van der Waals surface area contributed by atoms with E-state index >= 15 is 0 Å². The molecule has 0 saturated heterocycles. The summed E-state index contributed by atoms with van der Waals surface area (Å²) in [6, 6.07) is 16.6. The Balaban J connectivity index is 1.87. The summed E-state index contributed by atoms with van der Waals surface area (Å²) < 4.78 is 5.39. The van der Waals surface area contributed by atoms with Gasteiger partial charge in [-0.3, -0.25) is 4.79 Å². The molecule has 134 valence electrons. The van der Waals surface area contributed by atoms with Crippen LogP contribution in [0, 0.1) is 0 Å². The van der Waals surface area contributed by atoms with Crippen molar-refractivity contribution in [3.8, 4) is 5.75 Å². The Kier molecular flexibility index (Phi) is 7.95. The third kappa shape index (κ3) is 7.37. The Hall–Kier alpha value is -2.37. The van der Waals surface area contributed by atoms with Crippen LogP contribution in [-0.4, -0.2) is 42.0 Å². The summed E-state index contributed by atoms with van der Waals surface area (Å²) in [6.45, 7) is 0.526. The highest BCUT2D eigenvalue weighted by atomic mass is 16.5. The van der Waals surface area contributed by atoms with Crippen LogP contribution in [0.15, 0.2) is 54.6 Å². The summed E-state index contributed by atoms with van der Waals surface area (Å²) in [4.78, 5) is 12.2. The fourth-order valence-corrected chi connectivity index (χ4v) is 2.56. The molecular formula is C20H25NO4. The van der Waals surface area contributed by atoms with Gasteiger partial charge in [0.25, 0.3) is 0 Å². The van der Waals surface area contributed by atoms with Crippen molar-refractivity contribution in [1.82, 2.24) is 5.32 Å². The second kappa shape index (κ2) is 10.5. The highest BCUT2D eigenvalue weighted by Crippen LogP contribution is 2.12. The third-order valence-electron chi connectivity index (χ3n) is 3.82. The average Bonchev–Trinajstić information content (AvgIpc) is 2.63. The van der Waals surface area contributed by atoms with Crippen LogP contribution in [-0.2, 0) is 22.4 Å². The molecule has 1 atom stereocenters. The molecule has 0 aliphatic rings. The number of carbonyl (C=O) groups excluding carboxylic acids is 1. The van der Waals surface area contributed by atoms with E-state index in [-0.39, 0.29) is 30.9 Å². The second-order valence-electron chi connectivity index (χ2n) is 5.92. The van der Waals surface area contributed by atoms with E-state index in [9.17, 15) is 9.90 Å². The van der Waals surface area contributed by atoms with Gasteiger partial charge in [0, 0.05) is 6.42 Å². The van der Waals surface area contributed by atoms with Gasteiger partial charge in [-0.1, -0.05) is 42.5 Å². The van der Waals surface area contributed by atoms with Gasteiger partial charge in [0.15, 0.2) is 0 Å². The molecule has 1 amide bonds. The zero-order valence-electron chi connectivity index (χ0n) is 14.2. The van der Waals surface area contributed by atoms with E-state index in [0.717, 1.165) is 11.1 Å². The standard InChI is InChI=1S/C20H25NO4/c22-12-13-25-15-18(14-17-6-9-19(23)10-7-17)21-20(24)11-8-16-4-2-1-3-5-16/h1-7,9-10,18,22-23H,8,11-15H2,(H,21,24)/t18-/m0/s1. The SMILES string of the molecule is O=C(CCc1ccccc1)N[C@H](COCCO)Cc1ccc(O)cc1. The first kappa shape index (κ1) is 19.0. The molecule has 0 spiro atoms. The lowest BCUT2D eigenvalue weighted by Gasteiger charge is -2.19. The number of ether oxygens (including phenoxy) is 1. The smallest absolute Gasteiger partial charge is 0.220 e. The number of hydrogen-bond acceptors (Lipinski definition) is 4. The third-order valence-corrected chi connectivity index (χ3v) is 3.82. The van der Waals surface area contributed by atoms with Crippen molar-refractivity contribution in [3.63, 3.8) is 0 Å². The van der Waals surface area contributed by atoms with E-state index in [4.69, 9.17) is 9.84 Å². The molecule has 5 nitrogen and oxygen atoms in total. The quantitative estimate of drug-likeness (QED) is 0.577. The van der Waals surface area contributed by atoms with Crippen LogP contribution in [0.1, 0.15) is 17.5 Å². The zero-order chi connectivity index (χ0) is 17.9. The minimum atomic E-state index is -0.181. The van der Waals surface area contributed by atoms with E-state index in [2.05, 4.69) is 5.32 Å². The number of benzene rings is 2.